The Morgan fingerprint density at radius 3 is 1.25 bits per heavy atom. The molecule has 1 saturated heterocycles. The standard InChI is InChI=1S/C16H32O2.C16H28O2.C16H28O/c2*1-14-12-15(17)10-8-6-4-2-3-5-7-9-11-16(18)13-14;1-14-12-15-10-8-6-4-2-3-5-7-9-11-16(13-14)17-15/h14-18H,2-13H2,1H3;14H,2-13H2,1H3;12,14,16H,2-11,13H2,1H3. The SMILES string of the molecule is CC1C=C2CCCCCCCCCCC(C1)O2.CC1CC(=O)CCCCCCCCCCC(=O)C1.CC1CC(O)CCCCCCCCCCC(O)C1. The normalized spacial score (nSPS) is 30.1. The molecular formula is C48H88O5. The lowest BCUT2D eigenvalue weighted by atomic mass is 9.93. The summed E-state index contributed by atoms with van der Waals surface area (Å²) in [6.07, 6.45) is 43.6. The summed E-state index contributed by atoms with van der Waals surface area (Å²) in [7, 11) is 0. The van der Waals surface area contributed by atoms with Gasteiger partial charge in [-0.2, -0.15) is 0 Å². The van der Waals surface area contributed by atoms with Crippen molar-refractivity contribution in [3.8, 4) is 0 Å². The molecule has 2 N–H and O–H groups in total. The van der Waals surface area contributed by atoms with Gasteiger partial charge in [0.15, 0.2) is 0 Å². The Bertz CT molecular complexity index is 883. The number of allylic oxidation sites excluding steroid dienone is 2. The van der Waals surface area contributed by atoms with E-state index in [2.05, 4.69) is 19.9 Å². The second-order valence-corrected chi connectivity index (χ2v) is 18.2. The summed E-state index contributed by atoms with van der Waals surface area (Å²) in [6, 6.07) is 0. The Morgan fingerprint density at radius 1 is 0.453 bits per heavy atom. The van der Waals surface area contributed by atoms with Crippen molar-refractivity contribution in [2.24, 2.45) is 17.8 Å². The smallest absolute Gasteiger partial charge is 0.133 e. The third-order valence-electron chi connectivity index (χ3n) is 12.1. The quantitative estimate of drug-likeness (QED) is 0.258. The fraction of sp³-hybridized carbons (Fsp3) is 0.917. The van der Waals surface area contributed by atoms with Gasteiger partial charge in [-0.1, -0.05) is 149 Å². The summed E-state index contributed by atoms with van der Waals surface area (Å²) in [5.74, 6) is 3.42. The Hall–Kier alpha value is -1.20. The molecule has 5 nitrogen and oxygen atoms in total. The predicted octanol–water partition coefficient (Wildman–Crippen LogP) is 13.7. The lowest BCUT2D eigenvalue weighted by molar-refractivity contribution is -0.121. The molecule has 2 aliphatic heterocycles. The fourth-order valence-electron chi connectivity index (χ4n) is 8.99. The Morgan fingerprint density at radius 2 is 0.811 bits per heavy atom. The zero-order chi connectivity index (χ0) is 38.4. The molecule has 2 saturated carbocycles. The maximum Gasteiger partial charge on any atom is 0.133 e. The minimum atomic E-state index is -0.155. The van der Waals surface area contributed by atoms with Crippen LogP contribution in [-0.2, 0) is 14.3 Å². The molecule has 53 heavy (non-hydrogen) atoms. The zero-order valence-corrected chi connectivity index (χ0v) is 35.4. The number of carbonyl (C=O) groups excluding carboxylic acids is 2. The van der Waals surface area contributed by atoms with Gasteiger partial charge in [0, 0.05) is 32.1 Å². The van der Waals surface area contributed by atoms with Crippen molar-refractivity contribution < 1.29 is 24.5 Å². The van der Waals surface area contributed by atoms with Crippen molar-refractivity contribution in [3.63, 3.8) is 0 Å². The highest BCUT2D eigenvalue weighted by Crippen LogP contribution is 2.29. The van der Waals surface area contributed by atoms with E-state index in [0.29, 0.717) is 36.4 Å². The van der Waals surface area contributed by atoms with Gasteiger partial charge >= 0.3 is 0 Å². The van der Waals surface area contributed by atoms with E-state index in [1.807, 2.05) is 6.92 Å². The number of fused-ring (bicyclic) bond motifs is 2. The number of ether oxygens (including phenoxy) is 1. The minimum Gasteiger partial charge on any atom is -0.495 e. The summed E-state index contributed by atoms with van der Waals surface area (Å²) < 4.78 is 6.13. The number of Topliss-reactive ketones (excluding diaryl/α,β-unsaturated/α-hetero) is 2. The molecule has 4 rings (SSSR count). The maximum absolute atomic E-state index is 11.7. The van der Waals surface area contributed by atoms with Gasteiger partial charge < -0.3 is 14.9 Å². The zero-order valence-electron chi connectivity index (χ0n) is 35.4. The number of aliphatic hydroxyl groups excluding tert-OH is 2. The van der Waals surface area contributed by atoms with Crippen molar-refractivity contribution >= 4 is 11.6 Å². The molecule has 0 aromatic carbocycles. The molecule has 3 fully saturated rings. The van der Waals surface area contributed by atoms with Gasteiger partial charge in [-0.25, -0.2) is 0 Å². The first kappa shape index (κ1) is 48.0. The third kappa shape index (κ3) is 27.9. The van der Waals surface area contributed by atoms with Crippen molar-refractivity contribution in [3.05, 3.63) is 11.8 Å². The molecule has 4 atom stereocenters. The highest BCUT2D eigenvalue weighted by atomic mass is 16.5. The van der Waals surface area contributed by atoms with Gasteiger partial charge in [-0.3, -0.25) is 9.59 Å². The first-order valence-electron chi connectivity index (χ1n) is 23.5. The van der Waals surface area contributed by atoms with Gasteiger partial charge in [0.25, 0.3) is 0 Å². The van der Waals surface area contributed by atoms with Crippen LogP contribution in [0.2, 0.25) is 0 Å². The monoisotopic (exact) mass is 745 g/mol. The summed E-state index contributed by atoms with van der Waals surface area (Å²) in [5.41, 5.74) is 0. The Labute approximate surface area is 328 Å². The molecule has 4 unspecified atom stereocenters. The Balaban J connectivity index is 0.000000275. The van der Waals surface area contributed by atoms with Crippen molar-refractivity contribution in [2.45, 2.75) is 264 Å². The largest absolute Gasteiger partial charge is 0.495 e. The number of hydrogen-bond acceptors (Lipinski definition) is 5. The Kier molecular flexibility index (Phi) is 28.9. The van der Waals surface area contributed by atoms with Crippen molar-refractivity contribution in [1.29, 1.82) is 0 Å². The van der Waals surface area contributed by atoms with Gasteiger partial charge in [0.05, 0.1) is 24.1 Å². The molecule has 0 radical (unpaired) electrons. The van der Waals surface area contributed by atoms with Gasteiger partial charge in [0.1, 0.15) is 11.6 Å². The second kappa shape index (κ2) is 31.9. The topological polar surface area (TPSA) is 83.8 Å². The summed E-state index contributed by atoms with van der Waals surface area (Å²) in [4.78, 5) is 23.5. The molecule has 310 valence electrons. The van der Waals surface area contributed by atoms with Crippen LogP contribution in [0, 0.1) is 17.8 Å². The molecule has 5 heteroatoms. The van der Waals surface area contributed by atoms with Crippen LogP contribution < -0.4 is 0 Å². The van der Waals surface area contributed by atoms with Crippen LogP contribution in [0.3, 0.4) is 0 Å². The highest BCUT2D eigenvalue weighted by molar-refractivity contribution is 5.81. The molecule has 0 amide bonds. The highest BCUT2D eigenvalue weighted by Gasteiger charge is 2.21. The number of rotatable bonds is 0. The van der Waals surface area contributed by atoms with E-state index in [4.69, 9.17) is 4.74 Å². The number of carbonyl (C=O) groups is 2. The third-order valence-corrected chi connectivity index (χ3v) is 12.1. The minimum absolute atomic E-state index is 0.155. The summed E-state index contributed by atoms with van der Waals surface area (Å²) >= 11 is 0. The first-order chi connectivity index (χ1) is 25.7. The number of ketones is 2. The van der Waals surface area contributed by atoms with Crippen LogP contribution in [0.5, 0.6) is 0 Å². The van der Waals surface area contributed by atoms with E-state index < -0.39 is 0 Å². The second-order valence-electron chi connectivity index (χ2n) is 18.2. The van der Waals surface area contributed by atoms with E-state index in [9.17, 15) is 19.8 Å². The van der Waals surface area contributed by atoms with Gasteiger partial charge in [-0.05, 0) is 88.0 Å². The van der Waals surface area contributed by atoms with Crippen molar-refractivity contribution in [2.75, 3.05) is 0 Å². The maximum atomic E-state index is 11.7. The molecule has 0 spiro atoms. The summed E-state index contributed by atoms with van der Waals surface area (Å²) in [5, 5.41) is 19.9. The van der Waals surface area contributed by atoms with E-state index in [-0.39, 0.29) is 18.1 Å². The molecule has 0 aromatic rings. The number of aliphatic hydroxyl groups is 2. The summed E-state index contributed by atoms with van der Waals surface area (Å²) in [6.45, 7) is 6.53. The molecule has 4 aliphatic rings. The molecule has 2 bridgehead atoms. The average molecular weight is 745 g/mol. The fourth-order valence-corrected chi connectivity index (χ4v) is 8.99. The molecular weight excluding hydrogens is 657 g/mol. The first-order valence-corrected chi connectivity index (χ1v) is 23.5. The van der Waals surface area contributed by atoms with Gasteiger partial charge in [-0.15, -0.1) is 0 Å². The van der Waals surface area contributed by atoms with Crippen LogP contribution in [0.4, 0.5) is 0 Å². The van der Waals surface area contributed by atoms with Crippen LogP contribution >= 0.6 is 0 Å². The van der Waals surface area contributed by atoms with E-state index in [1.165, 1.54) is 153 Å². The lowest BCUT2D eigenvalue weighted by Crippen LogP contribution is -2.20. The van der Waals surface area contributed by atoms with E-state index in [0.717, 1.165) is 70.1 Å². The molecule has 2 aliphatic carbocycles. The lowest BCUT2D eigenvalue weighted by Gasteiger charge is -2.28. The van der Waals surface area contributed by atoms with Crippen LogP contribution in [-0.4, -0.2) is 40.1 Å². The predicted molar refractivity (Wildman–Crippen MR) is 224 cm³/mol. The van der Waals surface area contributed by atoms with Crippen LogP contribution in [0.1, 0.15) is 245 Å². The van der Waals surface area contributed by atoms with Crippen molar-refractivity contribution in [1.82, 2.24) is 0 Å². The molecule has 0 aromatic heterocycles. The average Bonchev–Trinajstić information content (AvgIpc) is 3.10. The number of hydrogen-bond donors (Lipinski definition) is 2. The van der Waals surface area contributed by atoms with E-state index >= 15 is 0 Å². The van der Waals surface area contributed by atoms with Gasteiger partial charge in [0.2, 0.25) is 0 Å². The van der Waals surface area contributed by atoms with Crippen LogP contribution in [0.25, 0.3) is 0 Å². The van der Waals surface area contributed by atoms with E-state index in [1.54, 1.807) is 0 Å². The molecule has 2 heterocycles. The van der Waals surface area contributed by atoms with Crippen LogP contribution in [0.15, 0.2) is 11.8 Å².